The molecule has 2 heteroatoms. The Labute approximate surface area is 115 Å². The Morgan fingerprint density at radius 3 is 2.47 bits per heavy atom. The molecule has 3 bridgehead atoms. The van der Waals surface area contributed by atoms with E-state index in [-0.39, 0.29) is 5.54 Å². The van der Waals surface area contributed by atoms with Crippen molar-refractivity contribution in [3.63, 3.8) is 0 Å². The van der Waals surface area contributed by atoms with Crippen molar-refractivity contribution >= 4 is 5.71 Å². The zero-order valence-corrected chi connectivity index (χ0v) is 11.5. The van der Waals surface area contributed by atoms with Gasteiger partial charge < -0.3 is 5.84 Å². The lowest BCUT2D eigenvalue weighted by molar-refractivity contribution is -0.550. The second kappa shape index (κ2) is 3.84. The van der Waals surface area contributed by atoms with Gasteiger partial charge in [0.25, 0.3) is 0 Å². The van der Waals surface area contributed by atoms with Gasteiger partial charge in [-0.3, -0.25) is 4.68 Å². The van der Waals surface area contributed by atoms with Crippen LogP contribution in [0.3, 0.4) is 0 Å². The minimum absolute atomic E-state index is 0.101. The van der Waals surface area contributed by atoms with E-state index in [9.17, 15) is 0 Å². The van der Waals surface area contributed by atoms with Gasteiger partial charge in [0.1, 0.15) is 5.71 Å². The van der Waals surface area contributed by atoms with Crippen LogP contribution in [0.2, 0.25) is 0 Å². The van der Waals surface area contributed by atoms with Crippen LogP contribution < -0.4 is 0 Å². The number of nitrogens with zero attached hydrogens (tertiary/aromatic N) is 1. The molecule has 4 aliphatic rings. The third kappa shape index (κ3) is 1.65. The molecule has 5 rings (SSSR count). The van der Waals surface area contributed by atoms with Crippen LogP contribution in [-0.2, 0) is 6.42 Å². The molecule has 1 spiro atoms. The predicted molar refractivity (Wildman–Crippen MR) is 77.2 cm³/mol. The van der Waals surface area contributed by atoms with Gasteiger partial charge in [0.05, 0.1) is 0 Å². The van der Waals surface area contributed by atoms with Gasteiger partial charge in [-0.25, -0.2) is 0 Å². The van der Waals surface area contributed by atoms with Gasteiger partial charge in [-0.1, -0.05) is 30.3 Å². The summed E-state index contributed by atoms with van der Waals surface area (Å²) in [5.74, 6) is 8.67. The standard InChI is InChI=1S/C17H22N2/c18-19-15-6-8-16(9-7-15)10-11-17(19,13-16)12-14-4-2-1-3-5-14/h1-5,18H,6-13H2. The molecule has 0 amide bonds. The Balaban J connectivity index is 1.75. The molecule has 1 aromatic carbocycles. The summed E-state index contributed by atoms with van der Waals surface area (Å²) in [6.07, 6.45) is 9.92. The van der Waals surface area contributed by atoms with Gasteiger partial charge in [-0.2, -0.15) is 0 Å². The molecule has 2 aliphatic heterocycles. The highest BCUT2D eigenvalue weighted by Crippen LogP contribution is 2.57. The summed E-state index contributed by atoms with van der Waals surface area (Å²) in [6, 6.07) is 10.8. The Kier molecular flexibility index (Phi) is 2.33. The van der Waals surface area contributed by atoms with E-state index < -0.39 is 0 Å². The molecule has 2 saturated carbocycles. The minimum atomic E-state index is 0.101. The molecular formula is C17H22N2. The summed E-state index contributed by atoms with van der Waals surface area (Å²) in [5.41, 5.74) is 3.49. The van der Waals surface area contributed by atoms with Crippen molar-refractivity contribution in [1.82, 2.24) is 0 Å². The molecule has 2 aliphatic carbocycles. The van der Waals surface area contributed by atoms with E-state index in [1.807, 2.05) is 4.68 Å². The van der Waals surface area contributed by atoms with E-state index >= 15 is 0 Å². The summed E-state index contributed by atoms with van der Waals surface area (Å²) in [4.78, 5) is 0. The van der Waals surface area contributed by atoms with Gasteiger partial charge in [-0.05, 0) is 30.2 Å². The van der Waals surface area contributed by atoms with Crippen molar-refractivity contribution in [3.8, 4) is 0 Å². The van der Waals surface area contributed by atoms with E-state index in [2.05, 4.69) is 30.3 Å². The average molecular weight is 254 g/mol. The maximum atomic E-state index is 8.67. The van der Waals surface area contributed by atoms with Crippen LogP contribution in [0.5, 0.6) is 0 Å². The van der Waals surface area contributed by atoms with Crippen molar-refractivity contribution in [2.75, 3.05) is 0 Å². The van der Waals surface area contributed by atoms with Crippen LogP contribution in [0.25, 0.3) is 5.84 Å². The van der Waals surface area contributed by atoms with Crippen molar-refractivity contribution < 1.29 is 4.68 Å². The molecule has 1 N–H and O–H groups in total. The molecule has 1 aromatic rings. The first-order valence-corrected chi connectivity index (χ1v) is 7.62. The van der Waals surface area contributed by atoms with E-state index in [0.717, 1.165) is 6.42 Å². The Morgan fingerprint density at radius 1 is 1.00 bits per heavy atom. The van der Waals surface area contributed by atoms with Crippen LogP contribution in [0, 0.1) is 5.41 Å². The van der Waals surface area contributed by atoms with Crippen LogP contribution in [0.15, 0.2) is 30.3 Å². The smallest absolute Gasteiger partial charge is 0.161 e. The molecule has 0 saturated heterocycles. The molecule has 0 radical (unpaired) electrons. The van der Waals surface area contributed by atoms with E-state index in [1.165, 1.54) is 56.2 Å². The highest BCUT2D eigenvalue weighted by atomic mass is 15.4. The van der Waals surface area contributed by atoms with E-state index in [0.29, 0.717) is 5.41 Å². The summed E-state index contributed by atoms with van der Waals surface area (Å²) in [7, 11) is 0. The Bertz CT molecular complexity index is 521. The van der Waals surface area contributed by atoms with Crippen molar-refractivity contribution in [1.29, 1.82) is 0 Å². The van der Waals surface area contributed by atoms with Gasteiger partial charge in [-0.15, -0.1) is 0 Å². The first kappa shape index (κ1) is 11.5. The molecule has 1 atom stereocenters. The molecule has 2 nitrogen and oxygen atoms in total. The third-order valence-electron chi connectivity index (χ3n) is 5.88. The van der Waals surface area contributed by atoms with Crippen molar-refractivity contribution in [2.45, 2.75) is 56.9 Å². The molecule has 2 heterocycles. The summed E-state index contributed by atoms with van der Waals surface area (Å²) in [6.45, 7) is 0. The van der Waals surface area contributed by atoms with Gasteiger partial charge >= 0.3 is 0 Å². The SMILES string of the molecule is [NH-][N+]1=C2CCC3(CC2)CCC1(Cc1ccccc1)C3. The normalized spacial score (nSPS) is 36.6. The fraction of sp³-hybridized carbons (Fsp3) is 0.588. The number of benzene rings is 1. The molecule has 19 heavy (non-hydrogen) atoms. The maximum absolute atomic E-state index is 8.67. The van der Waals surface area contributed by atoms with Gasteiger partial charge in [0.15, 0.2) is 5.54 Å². The highest BCUT2D eigenvalue weighted by molar-refractivity contribution is 5.81. The van der Waals surface area contributed by atoms with Crippen molar-refractivity contribution in [3.05, 3.63) is 41.7 Å². The zero-order valence-electron chi connectivity index (χ0n) is 11.5. The largest absolute Gasteiger partial charge is 0.454 e. The number of rotatable bonds is 2. The summed E-state index contributed by atoms with van der Waals surface area (Å²) in [5, 5.41) is 0. The lowest BCUT2D eigenvalue weighted by Crippen LogP contribution is -2.40. The highest BCUT2D eigenvalue weighted by Gasteiger charge is 2.57. The van der Waals surface area contributed by atoms with E-state index in [1.54, 1.807) is 0 Å². The van der Waals surface area contributed by atoms with Crippen LogP contribution in [0.4, 0.5) is 0 Å². The third-order valence-corrected chi connectivity index (χ3v) is 5.88. The second-order valence-electron chi connectivity index (χ2n) is 6.97. The predicted octanol–water partition coefficient (Wildman–Crippen LogP) is 4.15. The summed E-state index contributed by atoms with van der Waals surface area (Å²) >= 11 is 0. The number of fused-ring (bicyclic) bond motifs is 2. The van der Waals surface area contributed by atoms with Crippen LogP contribution in [-0.4, -0.2) is 15.9 Å². The number of hydrogen-bond acceptors (Lipinski definition) is 0. The monoisotopic (exact) mass is 254 g/mol. The average Bonchev–Trinajstić information content (AvgIpc) is 2.69. The lowest BCUT2D eigenvalue weighted by Gasteiger charge is -2.30. The van der Waals surface area contributed by atoms with Gasteiger partial charge in [0.2, 0.25) is 0 Å². The zero-order chi connectivity index (χ0) is 12.9. The fourth-order valence-corrected chi connectivity index (χ4v) is 4.82. The Hall–Kier alpha value is -1.31. The maximum Gasteiger partial charge on any atom is 0.161 e. The molecule has 100 valence electrons. The first-order valence-electron chi connectivity index (χ1n) is 7.62. The molecule has 2 fully saturated rings. The fourth-order valence-electron chi connectivity index (χ4n) is 4.82. The first-order chi connectivity index (χ1) is 9.22. The van der Waals surface area contributed by atoms with Crippen molar-refractivity contribution in [2.24, 2.45) is 5.41 Å². The number of hydrogen-bond donors (Lipinski definition) is 0. The second-order valence-corrected chi connectivity index (χ2v) is 6.97. The quantitative estimate of drug-likeness (QED) is 0.709. The molecular weight excluding hydrogens is 232 g/mol. The molecule has 0 aromatic heterocycles. The van der Waals surface area contributed by atoms with Crippen LogP contribution in [0.1, 0.15) is 50.5 Å². The number of nitrogens with one attached hydrogen (secondary N) is 1. The van der Waals surface area contributed by atoms with Crippen LogP contribution >= 0.6 is 0 Å². The molecule has 1 unspecified atom stereocenters. The topological polar surface area (TPSA) is 26.8 Å². The lowest BCUT2D eigenvalue weighted by atomic mass is 9.72. The van der Waals surface area contributed by atoms with Gasteiger partial charge in [0, 0.05) is 32.1 Å². The summed E-state index contributed by atoms with van der Waals surface area (Å²) < 4.78 is 1.96. The minimum Gasteiger partial charge on any atom is -0.454 e. The van der Waals surface area contributed by atoms with E-state index in [4.69, 9.17) is 5.84 Å². The Morgan fingerprint density at radius 2 is 1.74 bits per heavy atom.